The molecule has 0 spiro atoms. The van der Waals surface area contributed by atoms with Crippen molar-refractivity contribution in [3.05, 3.63) is 30.6 Å². The van der Waals surface area contributed by atoms with Gasteiger partial charge in [-0.25, -0.2) is 4.39 Å². The van der Waals surface area contributed by atoms with E-state index < -0.39 is 5.82 Å². The standard InChI is InChI=1S/C11H15FN2O/c1-4-7(2)14-10-6-11(15-3)8(12)5-9(10)13/h4-7,14H,1,13H2,2-3H3. The van der Waals surface area contributed by atoms with Crippen molar-refractivity contribution in [3.8, 4) is 5.75 Å². The number of anilines is 2. The van der Waals surface area contributed by atoms with Gasteiger partial charge in [0, 0.05) is 18.2 Å². The zero-order valence-electron chi connectivity index (χ0n) is 8.88. The molecule has 1 rings (SSSR count). The van der Waals surface area contributed by atoms with E-state index in [1.54, 1.807) is 6.08 Å². The molecule has 4 heteroatoms. The average molecular weight is 210 g/mol. The van der Waals surface area contributed by atoms with Crippen LogP contribution in [0.2, 0.25) is 0 Å². The second-order valence-corrected chi connectivity index (χ2v) is 3.24. The highest BCUT2D eigenvalue weighted by atomic mass is 19.1. The zero-order chi connectivity index (χ0) is 11.4. The Morgan fingerprint density at radius 2 is 2.27 bits per heavy atom. The van der Waals surface area contributed by atoms with Gasteiger partial charge in [0.05, 0.1) is 18.5 Å². The fourth-order valence-corrected chi connectivity index (χ4v) is 1.15. The van der Waals surface area contributed by atoms with Gasteiger partial charge in [-0.15, -0.1) is 6.58 Å². The van der Waals surface area contributed by atoms with Gasteiger partial charge in [-0.05, 0) is 6.92 Å². The van der Waals surface area contributed by atoms with E-state index in [4.69, 9.17) is 10.5 Å². The van der Waals surface area contributed by atoms with Gasteiger partial charge in [-0.2, -0.15) is 0 Å². The van der Waals surface area contributed by atoms with E-state index in [1.165, 1.54) is 19.2 Å². The molecule has 0 fully saturated rings. The SMILES string of the molecule is C=CC(C)Nc1cc(OC)c(F)cc1N. The Balaban J connectivity index is 3.01. The van der Waals surface area contributed by atoms with Crippen molar-refractivity contribution in [2.75, 3.05) is 18.2 Å². The summed E-state index contributed by atoms with van der Waals surface area (Å²) in [5, 5.41) is 3.07. The Kier molecular flexibility index (Phi) is 3.55. The van der Waals surface area contributed by atoms with Crippen molar-refractivity contribution >= 4 is 11.4 Å². The lowest BCUT2D eigenvalue weighted by Crippen LogP contribution is -2.13. The quantitative estimate of drug-likeness (QED) is 0.592. The summed E-state index contributed by atoms with van der Waals surface area (Å²) in [6, 6.07) is 2.82. The molecule has 3 N–H and O–H groups in total. The third kappa shape index (κ3) is 2.62. The minimum Gasteiger partial charge on any atom is -0.494 e. The van der Waals surface area contributed by atoms with E-state index in [9.17, 15) is 4.39 Å². The highest BCUT2D eigenvalue weighted by molar-refractivity contribution is 5.69. The minimum absolute atomic E-state index is 0.0578. The van der Waals surface area contributed by atoms with Crippen molar-refractivity contribution in [1.29, 1.82) is 0 Å². The number of nitrogen functional groups attached to an aromatic ring is 1. The van der Waals surface area contributed by atoms with Crippen LogP contribution in [0, 0.1) is 5.82 Å². The third-order valence-electron chi connectivity index (χ3n) is 2.06. The molecule has 15 heavy (non-hydrogen) atoms. The van der Waals surface area contributed by atoms with E-state index in [1.807, 2.05) is 6.92 Å². The molecule has 0 bridgehead atoms. The molecule has 0 amide bonds. The van der Waals surface area contributed by atoms with Crippen molar-refractivity contribution in [3.63, 3.8) is 0 Å². The molecule has 0 saturated heterocycles. The largest absolute Gasteiger partial charge is 0.494 e. The number of hydrogen-bond donors (Lipinski definition) is 2. The maximum Gasteiger partial charge on any atom is 0.167 e. The lowest BCUT2D eigenvalue weighted by atomic mass is 10.2. The lowest BCUT2D eigenvalue weighted by Gasteiger charge is -2.14. The van der Waals surface area contributed by atoms with Crippen LogP contribution in [0.3, 0.4) is 0 Å². The zero-order valence-corrected chi connectivity index (χ0v) is 8.88. The van der Waals surface area contributed by atoms with Crippen LogP contribution < -0.4 is 15.8 Å². The minimum atomic E-state index is -0.466. The molecule has 0 aliphatic heterocycles. The molecule has 0 saturated carbocycles. The maximum atomic E-state index is 13.2. The molecule has 82 valence electrons. The summed E-state index contributed by atoms with van der Waals surface area (Å²) < 4.78 is 18.1. The summed E-state index contributed by atoms with van der Waals surface area (Å²) >= 11 is 0. The maximum absolute atomic E-state index is 13.2. The predicted octanol–water partition coefficient (Wildman–Crippen LogP) is 2.40. The Bertz CT molecular complexity index is 366. The molecule has 0 aliphatic rings. The molecule has 0 heterocycles. The molecular weight excluding hydrogens is 195 g/mol. The number of ether oxygens (including phenoxy) is 1. The Morgan fingerprint density at radius 3 is 2.80 bits per heavy atom. The molecule has 1 aromatic carbocycles. The third-order valence-corrected chi connectivity index (χ3v) is 2.06. The number of nitrogens with two attached hydrogens (primary N) is 1. The van der Waals surface area contributed by atoms with Gasteiger partial charge >= 0.3 is 0 Å². The Labute approximate surface area is 88.7 Å². The van der Waals surface area contributed by atoms with E-state index in [0.717, 1.165) is 0 Å². The fourth-order valence-electron chi connectivity index (χ4n) is 1.15. The van der Waals surface area contributed by atoms with Crippen LogP contribution in [0.25, 0.3) is 0 Å². The molecule has 1 atom stereocenters. The highest BCUT2D eigenvalue weighted by Gasteiger charge is 2.08. The molecule has 1 aromatic rings. The van der Waals surface area contributed by atoms with Crippen molar-refractivity contribution in [2.45, 2.75) is 13.0 Å². The first-order chi connectivity index (χ1) is 7.08. The first-order valence-electron chi connectivity index (χ1n) is 4.60. The summed E-state index contributed by atoms with van der Waals surface area (Å²) in [7, 11) is 1.41. The first-order valence-corrected chi connectivity index (χ1v) is 4.60. The van der Waals surface area contributed by atoms with Crippen LogP contribution in [0.5, 0.6) is 5.75 Å². The topological polar surface area (TPSA) is 47.3 Å². The predicted molar refractivity (Wildman–Crippen MR) is 60.6 cm³/mol. The molecule has 1 unspecified atom stereocenters. The second kappa shape index (κ2) is 4.68. The summed E-state index contributed by atoms with van der Waals surface area (Å²) in [5.74, 6) is -0.297. The van der Waals surface area contributed by atoms with Gasteiger partial charge in [0.15, 0.2) is 11.6 Å². The normalized spacial score (nSPS) is 11.9. The number of rotatable bonds is 4. The molecular formula is C11H15FN2O. The van der Waals surface area contributed by atoms with Crippen molar-refractivity contribution < 1.29 is 9.13 Å². The van der Waals surface area contributed by atoms with Gasteiger partial charge in [0.25, 0.3) is 0 Å². The number of benzene rings is 1. The molecule has 0 aliphatic carbocycles. The van der Waals surface area contributed by atoms with Gasteiger partial charge in [0.1, 0.15) is 0 Å². The van der Waals surface area contributed by atoms with Gasteiger partial charge in [0.2, 0.25) is 0 Å². The van der Waals surface area contributed by atoms with Gasteiger partial charge < -0.3 is 15.8 Å². The lowest BCUT2D eigenvalue weighted by molar-refractivity contribution is 0.387. The second-order valence-electron chi connectivity index (χ2n) is 3.24. The highest BCUT2D eigenvalue weighted by Crippen LogP contribution is 2.28. The van der Waals surface area contributed by atoms with E-state index >= 15 is 0 Å². The summed E-state index contributed by atoms with van der Waals surface area (Å²) in [4.78, 5) is 0. The van der Waals surface area contributed by atoms with Crippen molar-refractivity contribution in [2.24, 2.45) is 0 Å². The van der Waals surface area contributed by atoms with Crippen LogP contribution >= 0.6 is 0 Å². The van der Waals surface area contributed by atoms with E-state index in [0.29, 0.717) is 11.4 Å². The van der Waals surface area contributed by atoms with Crippen LogP contribution in [0.4, 0.5) is 15.8 Å². The van der Waals surface area contributed by atoms with Crippen LogP contribution in [-0.4, -0.2) is 13.2 Å². The monoisotopic (exact) mass is 210 g/mol. The summed E-state index contributed by atoms with van der Waals surface area (Å²) in [6.45, 7) is 5.56. The summed E-state index contributed by atoms with van der Waals surface area (Å²) in [5.41, 5.74) is 6.64. The molecule has 0 aromatic heterocycles. The smallest absolute Gasteiger partial charge is 0.167 e. The summed E-state index contributed by atoms with van der Waals surface area (Å²) in [6.07, 6.45) is 1.73. The molecule has 0 radical (unpaired) electrons. The Morgan fingerprint density at radius 1 is 1.60 bits per heavy atom. The average Bonchev–Trinajstić information content (AvgIpc) is 2.21. The Hall–Kier alpha value is -1.71. The number of methoxy groups -OCH3 is 1. The van der Waals surface area contributed by atoms with E-state index in [-0.39, 0.29) is 11.8 Å². The fraction of sp³-hybridized carbons (Fsp3) is 0.273. The number of nitrogens with one attached hydrogen (secondary N) is 1. The van der Waals surface area contributed by atoms with Crippen molar-refractivity contribution in [1.82, 2.24) is 0 Å². The number of halogens is 1. The van der Waals surface area contributed by atoms with Gasteiger partial charge in [-0.3, -0.25) is 0 Å². The first kappa shape index (κ1) is 11.4. The van der Waals surface area contributed by atoms with Gasteiger partial charge in [-0.1, -0.05) is 6.08 Å². The molecule has 3 nitrogen and oxygen atoms in total. The van der Waals surface area contributed by atoms with Crippen LogP contribution in [-0.2, 0) is 0 Å². The van der Waals surface area contributed by atoms with Crippen LogP contribution in [0.15, 0.2) is 24.8 Å². The van der Waals surface area contributed by atoms with E-state index in [2.05, 4.69) is 11.9 Å². The van der Waals surface area contributed by atoms with Crippen LogP contribution in [0.1, 0.15) is 6.92 Å². The number of hydrogen-bond acceptors (Lipinski definition) is 3.